The molecule has 0 bridgehead atoms. The van der Waals surface area contributed by atoms with Gasteiger partial charge in [0, 0.05) is 56.8 Å². The normalized spacial score (nSPS) is 22.4. The van der Waals surface area contributed by atoms with Crippen LogP contribution in [-0.4, -0.2) is 61.4 Å². The Morgan fingerprint density at radius 2 is 1.79 bits per heavy atom. The highest BCUT2D eigenvalue weighted by atomic mass is 32.2. The monoisotopic (exact) mass is 277 g/mol. The molecule has 1 aromatic carbocycles. The van der Waals surface area contributed by atoms with Crippen LogP contribution in [0.15, 0.2) is 29.2 Å². The number of benzene rings is 1. The minimum absolute atomic E-state index is 0.808. The molecular weight excluding hydrogens is 254 g/mol. The SMILES string of the molecule is CSc1ccc(CN2CCN(C3CNC3)CC2)cc1. The molecule has 3 rings (SSSR count). The molecular formula is C15H23N3S. The number of nitrogens with zero attached hydrogens (tertiary/aromatic N) is 2. The number of piperazine rings is 1. The maximum atomic E-state index is 3.36. The Hall–Kier alpha value is -0.550. The fourth-order valence-electron chi connectivity index (χ4n) is 2.81. The highest BCUT2D eigenvalue weighted by Gasteiger charge is 2.27. The summed E-state index contributed by atoms with van der Waals surface area (Å²) in [4.78, 5) is 6.58. The fraction of sp³-hybridized carbons (Fsp3) is 0.600. The molecule has 2 aliphatic rings. The summed E-state index contributed by atoms with van der Waals surface area (Å²) in [6.45, 7) is 8.36. The predicted octanol–water partition coefficient (Wildman–Crippen LogP) is 1.50. The van der Waals surface area contributed by atoms with Crippen molar-refractivity contribution in [3.63, 3.8) is 0 Å². The average Bonchev–Trinajstić information content (AvgIpc) is 2.40. The van der Waals surface area contributed by atoms with E-state index in [9.17, 15) is 0 Å². The molecule has 0 aliphatic carbocycles. The zero-order valence-corrected chi connectivity index (χ0v) is 12.5. The second-order valence-corrected chi connectivity index (χ2v) is 6.35. The molecule has 2 aliphatic heterocycles. The van der Waals surface area contributed by atoms with Crippen LogP contribution in [0.25, 0.3) is 0 Å². The van der Waals surface area contributed by atoms with E-state index >= 15 is 0 Å². The van der Waals surface area contributed by atoms with Gasteiger partial charge in [-0.1, -0.05) is 12.1 Å². The van der Waals surface area contributed by atoms with Crippen LogP contribution in [0, 0.1) is 0 Å². The van der Waals surface area contributed by atoms with Crippen LogP contribution in [0.2, 0.25) is 0 Å². The minimum atomic E-state index is 0.808. The molecule has 3 nitrogen and oxygen atoms in total. The molecule has 1 aromatic rings. The van der Waals surface area contributed by atoms with E-state index in [0.717, 1.165) is 12.6 Å². The first-order valence-electron chi connectivity index (χ1n) is 7.15. The lowest BCUT2D eigenvalue weighted by Gasteiger charge is -2.43. The van der Waals surface area contributed by atoms with Gasteiger partial charge in [0.05, 0.1) is 0 Å². The van der Waals surface area contributed by atoms with Crippen molar-refractivity contribution in [3.8, 4) is 0 Å². The van der Waals surface area contributed by atoms with Gasteiger partial charge >= 0.3 is 0 Å². The summed E-state index contributed by atoms with van der Waals surface area (Å²) < 4.78 is 0. The number of hydrogen-bond donors (Lipinski definition) is 1. The first-order valence-corrected chi connectivity index (χ1v) is 8.37. The van der Waals surface area contributed by atoms with Gasteiger partial charge in [0.25, 0.3) is 0 Å². The van der Waals surface area contributed by atoms with E-state index in [4.69, 9.17) is 0 Å². The van der Waals surface area contributed by atoms with Gasteiger partial charge in [-0.05, 0) is 24.0 Å². The number of rotatable bonds is 4. The summed E-state index contributed by atoms with van der Waals surface area (Å²) in [7, 11) is 0. The van der Waals surface area contributed by atoms with E-state index in [1.807, 2.05) is 11.8 Å². The average molecular weight is 277 g/mol. The van der Waals surface area contributed by atoms with Gasteiger partial charge in [0.2, 0.25) is 0 Å². The molecule has 104 valence electrons. The summed E-state index contributed by atoms with van der Waals surface area (Å²) in [6.07, 6.45) is 2.13. The van der Waals surface area contributed by atoms with Gasteiger partial charge < -0.3 is 5.32 Å². The van der Waals surface area contributed by atoms with Crippen LogP contribution in [0.4, 0.5) is 0 Å². The van der Waals surface area contributed by atoms with Gasteiger partial charge in [-0.25, -0.2) is 0 Å². The zero-order valence-electron chi connectivity index (χ0n) is 11.6. The van der Waals surface area contributed by atoms with E-state index < -0.39 is 0 Å². The van der Waals surface area contributed by atoms with E-state index in [2.05, 4.69) is 45.6 Å². The molecule has 0 radical (unpaired) electrons. The summed E-state index contributed by atoms with van der Waals surface area (Å²) >= 11 is 1.81. The summed E-state index contributed by atoms with van der Waals surface area (Å²) in [5, 5.41) is 3.36. The lowest BCUT2D eigenvalue weighted by atomic mass is 10.1. The first-order chi connectivity index (χ1) is 9.35. The van der Waals surface area contributed by atoms with E-state index in [-0.39, 0.29) is 0 Å². The highest BCUT2D eigenvalue weighted by Crippen LogP contribution is 2.17. The van der Waals surface area contributed by atoms with Crippen molar-refractivity contribution in [2.75, 3.05) is 45.5 Å². The second kappa shape index (κ2) is 6.27. The number of thioether (sulfide) groups is 1. The Kier molecular flexibility index (Phi) is 4.43. The lowest BCUT2D eigenvalue weighted by Crippen LogP contribution is -2.61. The van der Waals surface area contributed by atoms with Crippen molar-refractivity contribution in [1.29, 1.82) is 0 Å². The number of nitrogens with one attached hydrogen (secondary N) is 1. The first kappa shape index (κ1) is 13.4. The van der Waals surface area contributed by atoms with Crippen molar-refractivity contribution in [2.24, 2.45) is 0 Å². The Labute approximate surface area is 120 Å². The summed E-state index contributed by atoms with van der Waals surface area (Å²) in [5.41, 5.74) is 1.44. The standard InChI is InChI=1S/C15H23N3S/c1-19-15-4-2-13(3-5-15)12-17-6-8-18(9-7-17)14-10-16-11-14/h2-5,14,16H,6-12H2,1H3. The zero-order chi connectivity index (χ0) is 13.1. The molecule has 2 fully saturated rings. The smallest absolute Gasteiger partial charge is 0.0346 e. The van der Waals surface area contributed by atoms with Crippen LogP contribution in [0.3, 0.4) is 0 Å². The predicted molar refractivity (Wildman–Crippen MR) is 81.7 cm³/mol. The third kappa shape index (κ3) is 3.31. The highest BCUT2D eigenvalue weighted by molar-refractivity contribution is 7.98. The van der Waals surface area contributed by atoms with Crippen LogP contribution in [0.5, 0.6) is 0 Å². The van der Waals surface area contributed by atoms with Crippen molar-refractivity contribution in [1.82, 2.24) is 15.1 Å². The van der Waals surface area contributed by atoms with Crippen molar-refractivity contribution in [3.05, 3.63) is 29.8 Å². The van der Waals surface area contributed by atoms with E-state index in [0.29, 0.717) is 0 Å². The Bertz CT molecular complexity index is 394. The topological polar surface area (TPSA) is 18.5 Å². The Balaban J connectivity index is 1.48. The molecule has 0 spiro atoms. The molecule has 0 unspecified atom stereocenters. The van der Waals surface area contributed by atoms with Crippen molar-refractivity contribution < 1.29 is 0 Å². The van der Waals surface area contributed by atoms with Crippen molar-refractivity contribution >= 4 is 11.8 Å². The molecule has 4 heteroatoms. The van der Waals surface area contributed by atoms with Crippen LogP contribution >= 0.6 is 11.8 Å². The molecule has 0 saturated carbocycles. The van der Waals surface area contributed by atoms with E-state index in [1.54, 1.807) is 0 Å². The van der Waals surface area contributed by atoms with Crippen molar-refractivity contribution in [2.45, 2.75) is 17.5 Å². The largest absolute Gasteiger partial charge is 0.314 e. The molecule has 19 heavy (non-hydrogen) atoms. The Morgan fingerprint density at radius 3 is 2.32 bits per heavy atom. The maximum absolute atomic E-state index is 3.36. The molecule has 2 saturated heterocycles. The summed E-state index contributed by atoms with van der Waals surface area (Å²) in [5.74, 6) is 0. The Morgan fingerprint density at radius 1 is 1.11 bits per heavy atom. The summed E-state index contributed by atoms with van der Waals surface area (Å²) in [6, 6.07) is 9.82. The molecule has 0 aromatic heterocycles. The third-order valence-corrected chi connectivity index (χ3v) is 4.99. The minimum Gasteiger partial charge on any atom is -0.314 e. The second-order valence-electron chi connectivity index (χ2n) is 5.47. The molecule has 1 N–H and O–H groups in total. The van der Waals surface area contributed by atoms with Crippen LogP contribution in [-0.2, 0) is 6.54 Å². The van der Waals surface area contributed by atoms with Gasteiger partial charge in [-0.2, -0.15) is 0 Å². The van der Waals surface area contributed by atoms with Crippen LogP contribution in [0.1, 0.15) is 5.56 Å². The molecule has 0 amide bonds. The maximum Gasteiger partial charge on any atom is 0.0346 e. The quantitative estimate of drug-likeness (QED) is 0.840. The van der Waals surface area contributed by atoms with Gasteiger partial charge in [-0.3, -0.25) is 9.80 Å². The van der Waals surface area contributed by atoms with E-state index in [1.165, 1.54) is 49.7 Å². The van der Waals surface area contributed by atoms with Gasteiger partial charge in [0.1, 0.15) is 0 Å². The lowest BCUT2D eigenvalue weighted by molar-refractivity contribution is 0.0695. The molecule has 0 atom stereocenters. The van der Waals surface area contributed by atoms with Gasteiger partial charge in [-0.15, -0.1) is 11.8 Å². The van der Waals surface area contributed by atoms with Gasteiger partial charge in [0.15, 0.2) is 0 Å². The fourth-order valence-corrected chi connectivity index (χ4v) is 3.22. The number of hydrogen-bond acceptors (Lipinski definition) is 4. The molecule has 2 heterocycles. The third-order valence-electron chi connectivity index (χ3n) is 4.25. The van der Waals surface area contributed by atoms with Crippen LogP contribution < -0.4 is 5.32 Å².